The Kier molecular flexibility index (Phi) is 7.88. The molecule has 1 saturated heterocycles. The van der Waals surface area contributed by atoms with Gasteiger partial charge in [0.2, 0.25) is 0 Å². The monoisotopic (exact) mass is 379 g/mol. The van der Waals surface area contributed by atoms with E-state index < -0.39 is 0 Å². The summed E-state index contributed by atoms with van der Waals surface area (Å²) in [6, 6.07) is 15.4. The normalized spacial score (nSPS) is 17.8. The number of carbonyl (C=O) groups is 1. The SMILES string of the molecule is CC(c1ccc(Cl)cc1)N1CCC(CCO)OC1=O.Fc1ccccc1. The molecule has 2 aromatic rings. The molecule has 0 bridgehead atoms. The zero-order chi connectivity index (χ0) is 18.9. The number of benzene rings is 2. The molecule has 1 aliphatic rings. The summed E-state index contributed by atoms with van der Waals surface area (Å²) in [7, 11) is 0. The lowest BCUT2D eigenvalue weighted by atomic mass is 10.1. The zero-order valence-electron chi connectivity index (χ0n) is 14.6. The molecule has 6 heteroatoms. The van der Waals surface area contributed by atoms with Crippen LogP contribution in [0.25, 0.3) is 0 Å². The molecule has 140 valence electrons. The van der Waals surface area contributed by atoms with Gasteiger partial charge in [-0.2, -0.15) is 0 Å². The van der Waals surface area contributed by atoms with Crippen molar-refractivity contribution in [3.8, 4) is 0 Å². The van der Waals surface area contributed by atoms with Crippen LogP contribution in [0.1, 0.15) is 31.4 Å². The van der Waals surface area contributed by atoms with Gasteiger partial charge in [0.05, 0.1) is 6.04 Å². The third-order valence-electron chi connectivity index (χ3n) is 4.20. The molecular weight excluding hydrogens is 357 g/mol. The number of hydrogen-bond donors (Lipinski definition) is 1. The topological polar surface area (TPSA) is 49.8 Å². The van der Waals surface area contributed by atoms with Gasteiger partial charge in [-0.25, -0.2) is 9.18 Å². The molecule has 4 nitrogen and oxygen atoms in total. The Morgan fingerprint density at radius 1 is 1.23 bits per heavy atom. The number of nitrogens with zero attached hydrogens (tertiary/aromatic N) is 1. The number of rotatable bonds is 4. The number of cyclic esters (lactones) is 1. The Labute approximate surface area is 158 Å². The molecule has 0 spiro atoms. The average Bonchev–Trinajstić information content (AvgIpc) is 2.63. The summed E-state index contributed by atoms with van der Waals surface area (Å²) in [5, 5.41) is 9.55. The van der Waals surface area contributed by atoms with E-state index >= 15 is 0 Å². The first-order chi connectivity index (χ1) is 12.5. The molecule has 1 heterocycles. The van der Waals surface area contributed by atoms with Gasteiger partial charge in [-0.15, -0.1) is 0 Å². The van der Waals surface area contributed by atoms with Crippen LogP contribution >= 0.6 is 11.6 Å². The van der Waals surface area contributed by atoms with Crippen LogP contribution in [0.4, 0.5) is 9.18 Å². The largest absolute Gasteiger partial charge is 0.446 e. The van der Waals surface area contributed by atoms with Crippen molar-refractivity contribution in [3.63, 3.8) is 0 Å². The van der Waals surface area contributed by atoms with E-state index in [2.05, 4.69) is 0 Å². The van der Waals surface area contributed by atoms with E-state index in [4.69, 9.17) is 21.4 Å². The first kappa shape index (κ1) is 20.2. The second-order valence-corrected chi connectivity index (χ2v) is 6.46. The van der Waals surface area contributed by atoms with Gasteiger partial charge in [0, 0.05) is 31.0 Å². The van der Waals surface area contributed by atoms with E-state index in [1.807, 2.05) is 31.2 Å². The van der Waals surface area contributed by atoms with Crippen molar-refractivity contribution >= 4 is 17.7 Å². The lowest BCUT2D eigenvalue weighted by molar-refractivity contribution is 0.00400. The molecule has 0 aromatic heterocycles. The molecule has 1 amide bonds. The molecule has 1 fully saturated rings. The van der Waals surface area contributed by atoms with E-state index in [1.54, 1.807) is 23.1 Å². The van der Waals surface area contributed by atoms with Gasteiger partial charge in [-0.1, -0.05) is 41.9 Å². The minimum Gasteiger partial charge on any atom is -0.446 e. The molecule has 1 N–H and O–H groups in total. The predicted molar refractivity (Wildman–Crippen MR) is 99.6 cm³/mol. The molecule has 2 atom stereocenters. The Morgan fingerprint density at radius 2 is 1.88 bits per heavy atom. The lowest BCUT2D eigenvalue weighted by Gasteiger charge is -2.35. The van der Waals surface area contributed by atoms with Crippen molar-refractivity contribution in [3.05, 3.63) is 71.0 Å². The minimum atomic E-state index is -0.313. The number of carbonyl (C=O) groups excluding carboxylic acids is 1. The summed E-state index contributed by atoms with van der Waals surface area (Å²) in [5.41, 5.74) is 1.03. The molecule has 2 aromatic carbocycles. The zero-order valence-corrected chi connectivity index (χ0v) is 15.4. The highest BCUT2D eigenvalue weighted by Crippen LogP contribution is 2.26. The predicted octanol–water partition coefficient (Wildman–Crippen LogP) is 4.82. The number of hydrogen-bond acceptors (Lipinski definition) is 3. The van der Waals surface area contributed by atoms with Crippen LogP contribution in [-0.2, 0) is 4.74 Å². The molecule has 3 rings (SSSR count). The van der Waals surface area contributed by atoms with Crippen LogP contribution in [-0.4, -0.2) is 35.4 Å². The molecule has 0 aliphatic carbocycles. The number of ether oxygens (including phenoxy) is 1. The molecule has 1 aliphatic heterocycles. The van der Waals surface area contributed by atoms with Gasteiger partial charge in [-0.05, 0) is 36.8 Å². The summed E-state index contributed by atoms with van der Waals surface area (Å²) in [6.07, 6.45) is 0.789. The number of halogens is 2. The lowest BCUT2D eigenvalue weighted by Crippen LogP contribution is -2.43. The van der Waals surface area contributed by atoms with Crippen molar-refractivity contribution in [1.29, 1.82) is 0 Å². The number of aliphatic hydroxyl groups is 1. The Hall–Kier alpha value is -2.11. The molecule has 0 saturated carbocycles. The van der Waals surface area contributed by atoms with E-state index in [0.29, 0.717) is 18.0 Å². The maximum Gasteiger partial charge on any atom is 0.410 e. The third kappa shape index (κ3) is 6.00. The highest BCUT2D eigenvalue weighted by molar-refractivity contribution is 6.30. The summed E-state index contributed by atoms with van der Waals surface area (Å²) >= 11 is 5.86. The Bertz CT molecular complexity index is 681. The van der Waals surface area contributed by atoms with Gasteiger partial charge in [0.1, 0.15) is 11.9 Å². The van der Waals surface area contributed by atoms with Crippen LogP contribution in [0.5, 0.6) is 0 Å². The van der Waals surface area contributed by atoms with Crippen LogP contribution in [0.2, 0.25) is 5.02 Å². The van der Waals surface area contributed by atoms with Gasteiger partial charge in [0.25, 0.3) is 0 Å². The summed E-state index contributed by atoms with van der Waals surface area (Å²) in [5.74, 6) is -0.178. The Morgan fingerprint density at radius 3 is 2.38 bits per heavy atom. The third-order valence-corrected chi connectivity index (χ3v) is 4.45. The maximum atomic E-state index is 12.0. The maximum absolute atomic E-state index is 12.0. The number of aliphatic hydroxyl groups excluding tert-OH is 1. The smallest absolute Gasteiger partial charge is 0.410 e. The minimum absolute atomic E-state index is 0.0418. The summed E-state index contributed by atoms with van der Waals surface area (Å²) < 4.78 is 17.2. The van der Waals surface area contributed by atoms with Gasteiger partial charge >= 0.3 is 6.09 Å². The second-order valence-electron chi connectivity index (χ2n) is 6.02. The van der Waals surface area contributed by atoms with E-state index in [9.17, 15) is 9.18 Å². The fourth-order valence-corrected chi connectivity index (χ4v) is 2.80. The van der Waals surface area contributed by atoms with Crippen molar-refractivity contribution in [1.82, 2.24) is 4.90 Å². The van der Waals surface area contributed by atoms with Crippen molar-refractivity contribution in [2.45, 2.75) is 31.9 Å². The highest BCUT2D eigenvalue weighted by atomic mass is 35.5. The Balaban J connectivity index is 0.000000290. The van der Waals surface area contributed by atoms with Crippen molar-refractivity contribution in [2.75, 3.05) is 13.2 Å². The first-order valence-corrected chi connectivity index (χ1v) is 8.93. The molecule has 2 unspecified atom stereocenters. The van der Waals surface area contributed by atoms with E-state index in [0.717, 1.165) is 12.0 Å². The highest BCUT2D eigenvalue weighted by Gasteiger charge is 2.30. The molecule has 0 radical (unpaired) electrons. The van der Waals surface area contributed by atoms with Crippen molar-refractivity contribution < 1.29 is 19.0 Å². The van der Waals surface area contributed by atoms with Gasteiger partial charge < -0.3 is 14.7 Å². The van der Waals surface area contributed by atoms with Crippen LogP contribution in [0.3, 0.4) is 0 Å². The van der Waals surface area contributed by atoms with Crippen LogP contribution in [0, 0.1) is 5.82 Å². The second kappa shape index (κ2) is 10.1. The summed E-state index contributed by atoms with van der Waals surface area (Å²) in [4.78, 5) is 13.7. The molecular formula is C20H23ClFNO3. The van der Waals surface area contributed by atoms with Crippen LogP contribution < -0.4 is 0 Å². The van der Waals surface area contributed by atoms with Gasteiger partial charge in [0.15, 0.2) is 0 Å². The van der Waals surface area contributed by atoms with E-state index in [1.165, 1.54) is 12.1 Å². The standard InChI is InChI=1S/C14H18ClNO3.C6H5F/c1-10(11-2-4-12(15)5-3-11)16-8-6-13(7-9-17)19-14(16)18;7-6-4-2-1-3-5-6/h2-5,10,13,17H,6-9H2,1H3;1-5H. The summed E-state index contributed by atoms with van der Waals surface area (Å²) in [6.45, 7) is 2.66. The first-order valence-electron chi connectivity index (χ1n) is 8.55. The van der Waals surface area contributed by atoms with Crippen molar-refractivity contribution in [2.24, 2.45) is 0 Å². The van der Waals surface area contributed by atoms with E-state index in [-0.39, 0.29) is 30.7 Å². The number of amides is 1. The fraction of sp³-hybridized carbons (Fsp3) is 0.350. The molecule has 26 heavy (non-hydrogen) atoms. The van der Waals surface area contributed by atoms with Crippen LogP contribution in [0.15, 0.2) is 54.6 Å². The quantitative estimate of drug-likeness (QED) is 0.828. The average molecular weight is 380 g/mol. The fourth-order valence-electron chi connectivity index (χ4n) is 2.68. The van der Waals surface area contributed by atoms with Gasteiger partial charge in [-0.3, -0.25) is 0 Å².